The maximum Gasteiger partial charge on any atom is 0.133 e. The number of benzene rings is 1. The summed E-state index contributed by atoms with van der Waals surface area (Å²) in [6, 6.07) is 11.8. The van der Waals surface area contributed by atoms with Crippen molar-refractivity contribution in [3.63, 3.8) is 0 Å². The quantitative estimate of drug-likeness (QED) is 0.825. The van der Waals surface area contributed by atoms with E-state index >= 15 is 0 Å². The molecular weight excluding hydrogens is 290 g/mol. The fourth-order valence-electron chi connectivity index (χ4n) is 1.78. The molecule has 5 heteroatoms. The topological polar surface area (TPSA) is 54.6 Å². The predicted octanol–water partition coefficient (Wildman–Crippen LogP) is 3.11. The van der Waals surface area contributed by atoms with Gasteiger partial charge in [0.05, 0.1) is 6.26 Å². The van der Waals surface area contributed by atoms with E-state index in [1.165, 1.54) is 0 Å². The average Bonchev–Trinajstić information content (AvgIpc) is 2.97. The molecule has 4 nitrogen and oxygen atoms in total. The van der Waals surface area contributed by atoms with Crippen LogP contribution in [-0.4, -0.2) is 30.4 Å². The number of nitrogens with one attached hydrogen (secondary N) is 1. The van der Waals surface area contributed by atoms with Gasteiger partial charge in [0, 0.05) is 18.2 Å². The molecule has 0 saturated carbocycles. The van der Waals surface area contributed by atoms with Gasteiger partial charge in [-0.25, -0.2) is 0 Å². The molecule has 2 aromatic rings. The molecular formula is C16H22ClNO3. The van der Waals surface area contributed by atoms with Crippen LogP contribution in [0.4, 0.5) is 0 Å². The number of halogens is 1. The summed E-state index contributed by atoms with van der Waals surface area (Å²) in [5.41, 5.74) is 1.00. The first-order chi connectivity index (χ1) is 9.65. The molecule has 2 rings (SSSR count). The molecule has 1 atom stereocenters. The van der Waals surface area contributed by atoms with Crippen molar-refractivity contribution in [2.45, 2.75) is 26.0 Å². The van der Waals surface area contributed by atoms with E-state index in [1.54, 1.807) is 6.26 Å². The van der Waals surface area contributed by atoms with Crippen molar-refractivity contribution in [3.05, 3.63) is 42.7 Å². The summed E-state index contributed by atoms with van der Waals surface area (Å²) in [6.07, 6.45) is 1.14. The Hall–Kier alpha value is -1.49. The lowest BCUT2D eigenvalue weighted by Crippen LogP contribution is -2.35. The van der Waals surface area contributed by atoms with Crippen LogP contribution in [-0.2, 0) is 0 Å². The number of aliphatic hydroxyl groups is 1. The molecule has 2 N–H and O–H groups in total. The standard InChI is InChI=1S/C16H21NO3.ClH/c1-12(2)17-10-14(18)11-20-15-7-5-13(6-8-15)16-4-3-9-19-16;/h3-9,12,14,17-18H,10-11H2,1-2H3;1H. The van der Waals surface area contributed by atoms with Crippen LogP contribution in [0.1, 0.15) is 13.8 Å². The third-order valence-electron chi connectivity index (χ3n) is 2.86. The highest BCUT2D eigenvalue weighted by Crippen LogP contribution is 2.22. The fraction of sp³-hybridized carbons (Fsp3) is 0.375. The maximum atomic E-state index is 9.76. The number of rotatable bonds is 7. The molecule has 1 heterocycles. The molecule has 21 heavy (non-hydrogen) atoms. The van der Waals surface area contributed by atoms with Crippen LogP contribution in [0, 0.1) is 0 Å². The summed E-state index contributed by atoms with van der Waals surface area (Å²) in [6.45, 7) is 4.89. The zero-order valence-electron chi connectivity index (χ0n) is 12.3. The number of hydrogen-bond acceptors (Lipinski definition) is 4. The van der Waals surface area contributed by atoms with Crippen LogP contribution >= 0.6 is 12.4 Å². The Morgan fingerprint density at radius 1 is 1.19 bits per heavy atom. The van der Waals surface area contributed by atoms with Gasteiger partial charge in [0.1, 0.15) is 24.2 Å². The minimum absolute atomic E-state index is 0. The number of ether oxygens (including phenoxy) is 1. The van der Waals surface area contributed by atoms with Gasteiger partial charge in [0.15, 0.2) is 0 Å². The molecule has 116 valence electrons. The lowest BCUT2D eigenvalue weighted by atomic mass is 10.2. The lowest BCUT2D eigenvalue weighted by molar-refractivity contribution is 0.104. The summed E-state index contributed by atoms with van der Waals surface area (Å²) >= 11 is 0. The van der Waals surface area contributed by atoms with Crippen LogP contribution in [0.5, 0.6) is 5.75 Å². The fourth-order valence-corrected chi connectivity index (χ4v) is 1.78. The molecule has 1 unspecified atom stereocenters. The van der Waals surface area contributed by atoms with Gasteiger partial charge in [-0.2, -0.15) is 0 Å². The third kappa shape index (κ3) is 5.79. The van der Waals surface area contributed by atoms with E-state index in [-0.39, 0.29) is 19.0 Å². The largest absolute Gasteiger partial charge is 0.491 e. The second-order valence-electron chi connectivity index (χ2n) is 5.03. The molecule has 0 aliphatic heterocycles. The Bertz CT molecular complexity index is 497. The van der Waals surface area contributed by atoms with E-state index in [1.807, 2.05) is 50.2 Å². The van der Waals surface area contributed by atoms with Crippen molar-refractivity contribution in [2.75, 3.05) is 13.2 Å². The first kappa shape index (κ1) is 17.6. The number of hydrogen-bond donors (Lipinski definition) is 2. The third-order valence-corrected chi connectivity index (χ3v) is 2.86. The van der Waals surface area contributed by atoms with Crippen LogP contribution in [0.25, 0.3) is 11.3 Å². The van der Waals surface area contributed by atoms with E-state index in [0.717, 1.165) is 17.1 Å². The Kier molecular flexibility index (Phi) is 7.29. The van der Waals surface area contributed by atoms with Crippen molar-refractivity contribution >= 4 is 12.4 Å². The first-order valence-corrected chi connectivity index (χ1v) is 6.83. The molecule has 1 aromatic heterocycles. The zero-order chi connectivity index (χ0) is 14.4. The van der Waals surface area contributed by atoms with E-state index in [0.29, 0.717) is 12.6 Å². The Balaban J connectivity index is 0.00000220. The van der Waals surface area contributed by atoms with E-state index in [2.05, 4.69) is 5.32 Å². The molecule has 0 bridgehead atoms. The van der Waals surface area contributed by atoms with Gasteiger partial charge in [-0.15, -0.1) is 12.4 Å². The SMILES string of the molecule is CC(C)NCC(O)COc1ccc(-c2ccco2)cc1.Cl. The van der Waals surface area contributed by atoms with Crippen LogP contribution in [0.3, 0.4) is 0 Å². The van der Waals surface area contributed by atoms with E-state index in [9.17, 15) is 5.11 Å². The highest BCUT2D eigenvalue weighted by molar-refractivity contribution is 5.85. The van der Waals surface area contributed by atoms with Gasteiger partial charge in [-0.3, -0.25) is 0 Å². The van der Waals surface area contributed by atoms with Gasteiger partial charge in [0.2, 0.25) is 0 Å². The zero-order valence-corrected chi connectivity index (χ0v) is 13.1. The molecule has 0 aliphatic rings. The molecule has 0 saturated heterocycles. The van der Waals surface area contributed by atoms with Crippen molar-refractivity contribution in [3.8, 4) is 17.1 Å². The van der Waals surface area contributed by atoms with Crippen LogP contribution < -0.4 is 10.1 Å². The van der Waals surface area contributed by atoms with Crippen LogP contribution in [0.15, 0.2) is 47.1 Å². The second-order valence-corrected chi connectivity index (χ2v) is 5.03. The molecule has 0 radical (unpaired) electrons. The molecule has 0 amide bonds. The molecule has 1 aromatic carbocycles. The molecule has 0 fully saturated rings. The number of aliphatic hydroxyl groups excluding tert-OH is 1. The lowest BCUT2D eigenvalue weighted by Gasteiger charge is -2.15. The predicted molar refractivity (Wildman–Crippen MR) is 86.0 cm³/mol. The monoisotopic (exact) mass is 311 g/mol. The second kappa shape index (κ2) is 8.72. The van der Waals surface area contributed by atoms with Crippen molar-refractivity contribution in [1.82, 2.24) is 5.32 Å². The van der Waals surface area contributed by atoms with Crippen molar-refractivity contribution < 1.29 is 14.3 Å². The van der Waals surface area contributed by atoms with Gasteiger partial charge in [-0.1, -0.05) is 13.8 Å². The molecule has 0 aliphatic carbocycles. The Morgan fingerprint density at radius 2 is 1.90 bits per heavy atom. The van der Waals surface area contributed by atoms with Crippen molar-refractivity contribution in [1.29, 1.82) is 0 Å². The Morgan fingerprint density at radius 3 is 2.48 bits per heavy atom. The smallest absolute Gasteiger partial charge is 0.133 e. The van der Waals surface area contributed by atoms with Gasteiger partial charge in [-0.05, 0) is 36.4 Å². The van der Waals surface area contributed by atoms with Gasteiger partial charge in [0.25, 0.3) is 0 Å². The van der Waals surface area contributed by atoms with Crippen molar-refractivity contribution in [2.24, 2.45) is 0 Å². The highest BCUT2D eigenvalue weighted by Gasteiger charge is 2.06. The minimum atomic E-state index is -0.512. The number of furan rings is 1. The molecule has 0 spiro atoms. The van der Waals surface area contributed by atoms with Gasteiger partial charge >= 0.3 is 0 Å². The van der Waals surface area contributed by atoms with E-state index in [4.69, 9.17) is 9.15 Å². The van der Waals surface area contributed by atoms with Gasteiger partial charge < -0.3 is 19.6 Å². The van der Waals surface area contributed by atoms with E-state index < -0.39 is 6.10 Å². The summed E-state index contributed by atoms with van der Waals surface area (Å²) < 4.78 is 10.9. The normalized spacial score (nSPS) is 12.0. The first-order valence-electron chi connectivity index (χ1n) is 6.83. The Labute approximate surface area is 131 Å². The summed E-state index contributed by atoms with van der Waals surface area (Å²) in [5, 5.41) is 12.9. The van der Waals surface area contributed by atoms with Crippen LogP contribution in [0.2, 0.25) is 0 Å². The highest BCUT2D eigenvalue weighted by atomic mass is 35.5. The summed E-state index contributed by atoms with van der Waals surface area (Å²) in [7, 11) is 0. The average molecular weight is 312 g/mol. The summed E-state index contributed by atoms with van der Waals surface area (Å²) in [4.78, 5) is 0. The maximum absolute atomic E-state index is 9.76. The summed E-state index contributed by atoms with van der Waals surface area (Å²) in [5.74, 6) is 1.57. The minimum Gasteiger partial charge on any atom is -0.491 e.